The average Bonchev–Trinajstić information content (AvgIpc) is 2.94. The molecule has 0 spiro atoms. The molecule has 0 aromatic carbocycles. The van der Waals surface area contributed by atoms with Crippen LogP contribution in [0.2, 0.25) is 0 Å². The second-order valence-corrected chi connectivity index (χ2v) is 6.19. The Morgan fingerprint density at radius 3 is 2.92 bits per heavy atom. The number of fused-ring (bicyclic) bond motifs is 1. The van der Waals surface area contributed by atoms with Gasteiger partial charge in [-0.05, 0) is 39.2 Å². The predicted molar refractivity (Wildman–Crippen MR) is 86.6 cm³/mol. The van der Waals surface area contributed by atoms with Gasteiger partial charge in [0.1, 0.15) is 0 Å². The molecule has 128 valence electrons. The zero-order valence-electron chi connectivity index (χ0n) is 14.2. The first-order chi connectivity index (χ1) is 11.5. The Balaban J connectivity index is 1.97. The summed E-state index contributed by atoms with van der Waals surface area (Å²) in [6.45, 7) is 4.24. The van der Waals surface area contributed by atoms with E-state index in [4.69, 9.17) is 9.26 Å². The highest BCUT2D eigenvalue weighted by Gasteiger charge is 2.31. The van der Waals surface area contributed by atoms with Gasteiger partial charge in [-0.2, -0.15) is 0 Å². The summed E-state index contributed by atoms with van der Waals surface area (Å²) < 4.78 is 9.98. The summed E-state index contributed by atoms with van der Waals surface area (Å²) in [5, 5.41) is 4.57. The van der Waals surface area contributed by atoms with Gasteiger partial charge in [0.25, 0.3) is 11.6 Å². The molecule has 0 saturated carbocycles. The van der Waals surface area contributed by atoms with Gasteiger partial charge in [0.2, 0.25) is 0 Å². The van der Waals surface area contributed by atoms with Crippen molar-refractivity contribution < 1.29 is 18.8 Å². The van der Waals surface area contributed by atoms with E-state index >= 15 is 0 Å². The van der Waals surface area contributed by atoms with Crippen molar-refractivity contribution in [2.45, 2.75) is 45.6 Å². The summed E-state index contributed by atoms with van der Waals surface area (Å²) in [6.07, 6.45) is 2.95. The van der Waals surface area contributed by atoms with Crippen molar-refractivity contribution in [3.05, 3.63) is 23.0 Å². The molecule has 1 aliphatic rings. The third-order valence-corrected chi connectivity index (χ3v) is 4.49. The molecule has 3 heterocycles. The van der Waals surface area contributed by atoms with E-state index in [1.54, 1.807) is 17.9 Å². The molecule has 0 N–H and O–H groups in total. The summed E-state index contributed by atoms with van der Waals surface area (Å²) >= 11 is 0. The van der Waals surface area contributed by atoms with Gasteiger partial charge in [0.05, 0.1) is 30.2 Å². The molecule has 0 bridgehead atoms. The number of piperidine rings is 1. The largest absolute Gasteiger partial charge is 0.469 e. The van der Waals surface area contributed by atoms with Crippen LogP contribution in [0.5, 0.6) is 0 Å². The second-order valence-electron chi connectivity index (χ2n) is 6.19. The van der Waals surface area contributed by atoms with Gasteiger partial charge >= 0.3 is 5.97 Å². The molecule has 0 radical (unpaired) electrons. The van der Waals surface area contributed by atoms with E-state index in [0.717, 1.165) is 19.3 Å². The molecule has 1 fully saturated rings. The number of aryl methyl sites for hydroxylation is 2. The molecule has 1 aliphatic heterocycles. The summed E-state index contributed by atoms with van der Waals surface area (Å²) in [7, 11) is 1.37. The summed E-state index contributed by atoms with van der Waals surface area (Å²) in [5.41, 5.74) is 2.25. The van der Waals surface area contributed by atoms with Crippen molar-refractivity contribution in [2.75, 3.05) is 13.7 Å². The molecule has 1 unspecified atom stereocenters. The second kappa shape index (κ2) is 6.59. The SMILES string of the molecule is COC(=O)CC1CCCCN1C(=O)c1cc(C)nc2onc(C)c12. The lowest BCUT2D eigenvalue weighted by Crippen LogP contribution is -2.45. The van der Waals surface area contributed by atoms with Crippen LogP contribution in [0.1, 0.15) is 47.4 Å². The average molecular weight is 331 g/mol. The molecule has 1 saturated heterocycles. The van der Waals surface area contributed by atoms with Crippen LogP contribution in [0.25, 0.3) is 11.1 Å². The van der Waals surface area contributed by atoms with Crippen LogP contribution in [0.4, 0.5) is 0 Å². The number of rotatable bonds is 3. The highest BCUT2D eigenvalue weighted by Crippen LogP contribution is 2.27. The van der Waals surface area contributed by atoms with E-state index in [9.17, 15) is 9.59 Å². The molecule has 7 nitrogen and oxygen atoms in total. The Bertz CT molecular complexity index is 783. The van der Waals surface area contributed by atoms with Crippen LogP contribution in [-0.4, -0.2) is 46.6 Å². The first-order valence-corrected chi connectivity index (χ1v) is 8.12. The molecule has 2 aromatic rings. The Morgan fingerprint density at radius 1 is 1.38 bits per heavy atom. The normalized spacial score (nSPS) is 18.0. The van der Waals surface area contributed by atoms with Crippen LogP contribution < -0.4 is 0 Å². The number of hydrogen-bond acceptors (Lipinski definition) is 6. The third kappa shape index (κ3) is 2.98. The molecule has 7 heteroatoms. The van der Waals surface area contributed by atoms with Crippen LogP contribution in [0.3, 0.4) is 0 Å². The van der Waals surface area contributed by atoms with E-state index in [0.29, 0.717) is 34.6 Å². The van der Waals surface area contributed by atoms with E-state index in [1.807, 2.05) is 6.92 Å². The minimum Gasteiger partial charge on any atom is -0.469 e. The van der Waals surface area contributed by atoms with Gasteiger partial charge in [-0.15, -0.1) is 0 Å². The number of methoxy groups -OCH3 is 1. The Labute approximate surface area is 140 Å². The number of esters is 1. The number of pyridine rings is 1. The highest BCUT2D eigenvalue weighted by atomic mass is 16.5. The van der Waals surface area contributed by atoms with Crippen LogP contribution in [-0.2, 0) is 9.53 Å². The maximum Gasteiger partial charge on any atom is 0.307 e. The van der Waals surface area contributed by atoms with E-state index in [2.05, 4.69) is 10.1 Å². The van der Waals surface area contributed by atoms with Gasteiger partial charge < -0.3 is 14.2 Å². The maximum atomic E-state index is 13.2. The zero-order chi connectivity index (χ0) is 17.3. The zero-order valence-corrected chi connectivity index (χ0v) is 14.2. The van der Waals surface area contributed by atoms with Crippen LogP contribution in [0, 0.1) is 13.8 Å². The lowest BCUT2D eigenvalue weighted by molar-refractivity contribution is -0.142. The first-order valence-electron chi connectivity index (χ1n) is 8.12. The van der Waals surface area contributed by atoms with Gasteiger partial charge in [-0.3, -0.25) is 9.59 Å². The van der Waals surface area contributed by atoms with Crippen molar-refractivity contribution in [3.8, 4) is 0 Å². The van der Waals surface area contributed by atoms with Gasteiger partial charge in [-0.25, -0.2) is 4.98 Å². The van der Waals surface area contributed by atoms with Crippen molar-refractivity contribution in [1.82, 2.24) is 15.0 Å². The van der Waals surface area contributed by atoms with Gasteiger partial charge in [0.15, 0.2) is 0 Å². The lowest BCUT2D eigenvalue weighted by atomic mass is 9.97. The topological polar surface area (TPSA) is 85.5 Å². The van der Waals surface area contributed by atoms with E-state index in [-0.39, 0.29) is 24.3 Å². The number of aromatic nitrogens is 2. The molecule has 1 amide bonds. The number of likely N-dealkylation sites (tertiary alicyclic amines) is 1. The number of carbonyl (C=O) groups is 2. The van der Waals surface area contributed by atoms with Crippen molar-refractivity contribution in [1.29, 1.82) is 0 Å². The fourth-order valence-electron chi connectivity index (χ4n) is 3.30. The molecule has 2 aromatic heterocycles. The smallest absolute Gasteiger partial charge is 0.307 e. The first kappa shape index (κ1) is 16.4. The Morgan fingerprint density at radius 2 is 2.17 bits per heavy atom. The lowest BCUT2D eigenvalue weighted by Gasteiger charge is -2.35. The van der Waals surface area contributed by atoms with Crippen LogP contribution in [0.15, 0.2) is 10.6 Å². The number of amides is 1. The van der Waals surface area contributed by atoms with E-state index < -0.39 is 0 Å². The molecular formula is C17H21N3O4. The number of hydrogen-bond donors (Lipinski definition) is 0. The summed E-state index contributed by atoms with van der Waals surface area (Å²) in [5.74, 6) is -0.401. The molecule has 24 heavy (non-hydrogen) atoms. The van der Waals surface area contributed by atoms with Crippen molar-refractivity contribution >= 4 is 23.0 Å². The third-order valence-electron chi connectivity index (χ3n) is 4.49. The quantitative estimate of drug-likeness (QED) is 0.803. The monoisotopic (exact) mass is 331 g/mol. The molecule has 3 rings (SSSR count). The maximum absolute atomic E-state index is 13.2. The van der Waals surface area contributed by atoms with E-state index in [1.165, 1.54) is 7.11 Å². The van der Waals surface area contributed by atoms with Crippen molar-refractivity contribution in [2.24, 2.45) is 0 Å². The van der Waals surface area contributed by atoms with Crippen LogP contribution >= 0.6 is 0 Å². The highest BCUT2D eigenvalue weighted by molar-refractivity contribution is 6.06. The number of nitrogens with zero attached hydrogens (tertiary/aromatic N) is 3. The molecule has 1 atom stereocenters. The Kier molecular flexibility index (Phi) is 4.51. The number of ether oxygens (including phenoxy) is 1. The molecular weight excluding hydrogens is 310 g/mol. The summed E-state index contributed by atoms with van der Waals surface area (Å²) in [4.78, 5) is 30.9. The predicted octanol–water partition coefficient (Wildman–Crippen LogP) is 2.40. The van der Waals surface area contributed by atoms with Gasteiger partial charge in [-0.1, -0.05) is 5.16 Å². The standard InChI is InChI=1S/C17H21N3O4/c1-10-8-13(15-11(2)19-24-16(15)18-10)17(22)20-7-5-4-6-12(20)9-14(21)23-3/h8,12H,4-7,9H2,1-3H3. The number of carbonyl (C=O) groups excluding carboxylic acids is 2. The molecule has 0 aliphatic carbocycles. The van der Waals surface area contributed by atoms with Crippen molar-refractivity contribution in [3.63, 3.8) is 0 Å². The fraction of sp³-hybridized carbons (Fsp3) is 0.529. The summed E-state index contributed by atoms with van der Waals surface area (Å²) in [6, 6.07) is 1.63. The van der Waals surface area contributed by atoms with Gasteiger partial charge in [0, 0.05) is 18.3 Å². The fourth-order valence-corrected chi connectivity index (χ4v) is 3.30. The Hall–Kier alpha value is -2.44. The minimum absolute atomic E-state index is 0.106. The minimum atomic E-state index is -0.295.